The van der Waals surface area contributed by atoms with Crippen LogP contribution in [0.4, 0.5) is 5.69 Å². The van der Waals surface area contributed by atoms with Gasteiger partial charge in [0.15, 0.2) is 0 Å². The molecule has 0 bridgehead atoms. The monoisotopic (exact) mass is 321 g/mol. The fourth-order valence-electron chi connectivity index (χ4n) is 1.37. The normalized spacial score (nSPS) is 11.4. The van der Waals surface area contributed by atoms with Gasteiger partial charge in [0, 0.05) is 10.7 Å². The minimum absolute atomic E-state index is 0.0859. The van der Waals surface area contributed by atoms with Crippen LogP contribution in [0, 0.1) is 0 Å². The topological polar surface area (TPSA) is 81.7 Å². The molecule has 6 nitrogen and oxygen atoms in total. The third-order valence-corrected chi connectivity index (χ3v) is 3.63. The lowest BCUT2D eigenvalue weighted by Crippen LogP contribution is -2.21. The lowest BCUT2D eigenvalue weighted by molar-refractivity contribution is -0.121. The Balaban J connectivity index is 2.95. The standard InChI is InChI=1S/C12H16ClNO5S/c1-8(2)19-7-12(15)14-10-6-9(20(13,16)17)4-5-11(10)18-3/h4-6,8H,7H2,1-3H3,(H,14,15). The minimum Gasteiger partial charge on any atom is -0.495 e. The predicted octanol–water partition coefficient (Wildman–Crippen LogP) is 1.99. The van der Waals surface area contributed by atoms with Gasteiger partial charge >= 0.3 is 0 Å². The first-order valence-corrected chi connectivity index (χ1v) is 8.09. The van der Waals surface area contributed by atoms with Crippen LogP contribution in [0.15, 0.2) is 23.1 Å². The molecule has 8 heteroatoms. The molecule has 0 heterocycles. The number of methoxy groups -OCH3 is 1. The molecule has 1 rings (SSSR count). The lowest BCUT2D eigenvalue weighted by Gasteiger charge is -2.12. The van der Waals surface area contributed by atoms with E-state index >= 15 is 0 Å². The number of hydrogen-bond acceptors (Lipinski definition) is 5. The van der Waals surface area contributed by atoms with E-state index in [1.54, 1.807) is 13.8 Å². The zero-order valence-corrected chi connectivity index (χ0v) is 12.9. The molecule has 112 valence electrons. The molecule has 1 aromatic carbocycles. The Hall–Kier alpha value is -1.31. The Morgan fingerprint density at radius 1 is 1.40 bits per heavy atom. The van der Waals surface area contributed by atoms with E-state index in [9.17, 15) is 13.2 Å². The van der Waals surface area contributed by atoms with Gasteiger partial charge in [0.05, 0.1) is 23.8 Å². The van der Waals surface area contributed by atoms with Crippen molar-refractivity contribution >= 4 is 31.3 Å². The Morgan fingerprint density at radius 2 is 2.05 bits per heavy atom. The number of halogens is 1. The fourth-order valence-corrected chi connectivity index (χ4v) is 2.14. The number of nitrogens with one attached hydrogen (secondary N) is 1. The molecular formula is C12H16ClNO5S. The number of rotatable bonds is 6. The Morgan fingerprint density at radius 3 is 2.55 bits per heavy atom. The third-order valence-electron chi connectivity index (χ3n) is 2.27. The number of amides is 1. The molecule has 0 radical (unpaired) electrons. The van der Waals surface area contributed by atoms with Gasteiger partial charge in [-0.05, 0) is 32.0 Å². The Labute approximate surface area is 122 Å². The van der Waals surface area contributed by atoms with Crippen molar-refractivity contribution in [3.8, 4) is 5.75 Å². The summed E-state index contributed by atoms with van der Waals surface area (Å²) in [6.45, 7) is 3.46. The van der Waals surface area contributed by atoms with E-state index in [1.165, 1.54) is 25.3 Å². The van der Waals surface area contributed by atoms with Crippen LogP contribution in [-0.2, 0) is 18.6 Å². The van der Waals surface area contributed by atoms with Crippen LogP contribution in [0.1, 0.15) is 13.8 Å². The van der Waals surface area contributed by atoms with E-state index in [-0.39, 0.29) is 23.3 Å². The van der Waals surface area contributed by atoms with Gasteiger partial charge in [0.2, 0.25) is 5.91 Å². The maximum Gasteiger partial charge on any atom is 0.261 e. The molecule has 0 fully saturated rings. The summed E-state index contributed by atoms with van der Waals surface area (Å²) >= 11 is 0. The summed E-state index contributed by atoms with van der Waals surface area (Å²) in [6.07, 6.45) is -0.0859. The summed E-state index contributed by atoms with van der Waals surface area (Å²) in [7, 11) is 2.79. The van der Waals surface area contributed by atoms with E-state index in [1.807, 2.05) is 0 Å². The van der Waals surface area contributed by atoms with Gasteiger partial charge in [0.25, 0.3) is 9.05 Å². The molecule has 0 unspecified atom stereocenters. The molecule has 0 aliphatic rings. The van der Waals surface area contributed by atoms with Crippen molar-refractivity contribution in [1.82, 2.24) is 0 Å². The van der Waals surface area contributed by atoms with Crippen LogP contribution in [0.3, 0.4) is 0 Å². The van der Waals surface area contributed by atoms with Gasteiger partial charge in [-0.1, -0.05) is 0 Å². The fraction of sp³-hybridized carbons (Fsp3) is 0.417. The molecule has 0 aromatic heterocycles. The van der Waals surface area contributed by atoms with Gasteiger partial charge in [0.1, 0.15) is 12.4 Å². The van der Waals surface area contributed by atoms with Crippen molar-refractivity contribution in [2.45, 2.75) is 24.8 Å². The maximum absolute atomic E-state index is 11.7. The van der Waals surface area contributed by atoms with Gasteiger partial charge in [-0.2, -0.15) is 0 Å². The van der Waals surface area contributed by atoms with Crippen LogP contribution < -0.4 is 10.1 Å². The van der Waals surface area contributed by atoms with Crippen molar-refractivity contribution in [2.24, 2.45) is 0 Å². The number of carbonyl (C=O) groups excluding carboxylic acids is 1. The third kappa shape index (κ3) is 4.99. The van der Waals surface area contributed by atoms with Crippen molar-refractivity contribution in [1.29, 1.82) is 0 Å². The van der Waals surface area contributed by atoms with Gasteiger partial charge in [-0.25, -0.2) is 8.42 Å². The average molecular weight is 322 g/mol. The van der Waals surface area contributed by atoms with Crippen LogP contribution >= 0.6 is 10.7 Å². The van der Waals surface area contributed by atoms with Crippen molar-refractivity contribution < 1.29 is 22.7 Å². The van der Waals surface area contributed by atoms with Gasteiger partial charge < -0.3 is 14.8 Å². The van der Waals surface area contributed by atoms with E-state index < -0.39 is 15.0 Å². The molecule has 0 aliphatic heterocycles. The summed E-state index contributed by atoms with van der Waals surface area (Å²) in [5.74, 6) is -0.0897. The molecule has 1 aromatic rings. The zero-order chi connectivity index (χ0) is 15.3. The lowest BCUT2D eigenvalue weighted by atomic mass is 10.3. The summed E-state index contributed by atoms with van der Waals surface area (Å²) in [6, 6.07) is 3.93. The Bertz CT molecular complexity index is 586. The summed E-state index contributed by atoms with van der Waals surface area (Å²) in [4.78, 5) is 11.5. The van der Waals surface area contributed by atoms with Crippen LogP contribution in [0.2, 0.25) is 0 Å². The molecule has 0 saturated heterocycles. The van der Waals surface area contributed by atoms with E-state index in [0.717, 1.165) is 0 Å². The SMILES string of the molecule is COc1ccc(S(=O)(=O)Cl)cc1NC(=O)COC(C)C. The largest absolute Gasteiger partial charge is 0.495 e. The first-order valence-electron chi connectivity index (χ1n) is 5.78. The number of ether oxygens (including phenoxy) is 2. The van der Waals surface area contributed by atoms with Crippen LogP contribution in [0.5, 0.6) is 5.75 Å². The van der Waals surface area contributed by atoms with Gasteiger partial charge in [-0.3, -0.25) is 4.79 Å². The van der Waals surface area contributed by atoms with Crippen molar-refractivity contribution in [3.05, 3.63) is 18.2 Å². The highest BCUT2D eigenvalue weighted by Crippen LogP contribution is 2.28. The minimum atomic E-state index is -3.88. The highest BCUT2D eigenvalue weighted by atomic mass is 35.7. The molecule has 0 atom stereocenters. The molecule has 20 heavy (non-hydrogen) atoms. The van der Waals surface area contributed by atoms with E-state index in [4.69, 9.17) is 20.2 Å². The van der Waals surface area contributed by atoms with E-state index in [0.29, 0.717) is 5.75 Å². The molecule has 0 spiro atoms. The van der Waals surface area contributed by atoms with Gasteiger partial charge in [-0.15, -0.1) is 0 Å². The molecule has 1 N–H and O–H groups in total. The number of anilines is 1. The second-order valence-electron chi connectivity index (χ2n) is 4.21. The number of hydrogen-bond donors (Lipinski definition) is 1. The summed E-state index contributed by atoms with van der Waals surface area (Å²) in [5, 5.41) is 2.52. The number of benzene rings is 1. The molecule has 0 aliphatic carbocycles. The smallest absolute Gasteiger partial charge is 0.261 e. The highest BCUT2D eigenvalue weighted by molar-refractivity contribution is 8.13. The first-order chi connectivity index (χ1) is 9.24. The van der Waals surface area contributed by atoms with Crippen molar-refractivity contribution in [3.63, 3.8) is 0 Å². The first kappa shape index (κ1) is 16.7. The zero-order valence-electron chi connectivity index (χ0n) is 11.3. The highest BCUT2D eigenvalue weighted by Gasteiger charge is 2.15. The summed E-state index contributed by atoms with van der Waals surface area (Å²) in [5.41, 5.74) is 0.214. The molecular weight excluding hydrogens is 306 g/mol. The quantitative estimate of drug-likeness (QED) is 0.810. The molecule has 1 amide bonds. The number of carbonyl (C=O) groups is 1. The second-order valence-corrected chi connectivity index (χ2v) is 6.77. The summed E-state index contributed by atoms with van der Waals surface area (Å²) < 4.78 is 32.7. The second kappa shape index (κ2) is 6.92. The maximum atomic E-state index is 11.7. The van der Waals surface area contributed by atoms with Crippen LogP contribution in [0.25, 0.3) is 0 Å². The average Bonchev–Trinajstić information content (AvgIpc) is 2.35. The molecule has 0 saturated carbocycles. The predicted molar refractivity (Wildman–Crippen MR) is 75.8 cm³/mol. The van der Waals surface area contributed by atoms with Crippen LogP contribution in [-0.4, -0.2) is 34.1 Å². The van der Waals surface area contributed by atoms with Crippen molar-refractivity contribution in [2.75, 3.05) is 19.0 Å². The van der Waals surface area contributed by atoms with E-state index in [2.05, 4.69) is 5.32 Å². The Kier molecular flexibility index (Phi) is 5.79.